The smallest absolute Gasteiger partial charge is 0.450 e. The molecule has 0 radical (unpaired) electrons. The predicted molar refractivity (Wildman–Crippen MR) is 86.1 cm³/mol. The van der Waals surface area contributed by atoms with Crippen molar-refractivity contribution in [3.8, 4) is 11.1 Å². The van der Waals surface area contributed by atoms with Crippen LogP contribution >= 0.6 is 0 Å². The van der Waals surface area contributed by atoms with Crippen LogP contribution in [0.5, 0.6) is 0 Å². The molecule has 0 spiro atoms. The van der Waals surface area contributed by atoms with Gasteiger partial charge < -0.3 is 29.9 Å². The summed E-state index contributed by atoms with van der Waals surface area (Å²) in [5.74, 6) is 0. The van der Waals surface area contributed by atoms with Crippen molar-refractivity contribution in [3.05, 3.63) is 60.7 Å². The summed E-state index contributed by atoms with van der Waals surface area (Å²) in [6, 6.07) is 20.8. The Hall–Kier alpha value is -4.08. The molecule has 10 nitrogen and oxygen atoms in total. The first-order chi connectivity index (χ1) is 12.2. The van der Waals surface area contributed by atoms with Gasteiger partial charge in [-0.05, 0) is 11.1 Å². The molecule has 138 valence electrons. The van der Waals surface area contributed by atoms with Crippen LogP contribution in [0.1, 0.15) is 0 Å². The minimum atomic E-state index is -1.83. The molecule has 1 saturated heterocycles. The SMILES string of the molecule is O=C(O)O.O=C(O)O.O=C1OC(=O)O1.c1ccc(-c2ccccc2)cc1. The summed E-state index contributed by atoms with van der Waals surface area (Å²) >= 11 is 0. The summed E-state index contributed by atoms with van der Waals surface area (Å²) in [5.41, 5.74) is 2.55. The highest BCUT2D eigenvalue weighted by Gasteiger charge is 2.27. The monoisotopic (exact) mass is 366 g/mol. The molecule has 26 heavy (non-hydrogen) atoms. The second-order valence-electron chi connectivity index (χ2n) is 4.00. The van der Waals surface area contributed by atoms with E-state index in [1.54, 1.807) is 0 Å². The van der Waals surface area contributed by atoms with Gasteiger partial charge >= 0.3 is 24.6 Å². The molecule has 0 atom stereocenters. The molecule has 0 aromatic heterocycles. The largest absolute Gasteiger partial charge is 0.528 e. The highest BCUT2D eigenvalue weighted by atomic mass is 16.9. The Morgan fingerprint density at radius 1 is 0.577 bits per heavy atom. The zero-order valence-corrected chi connectivity index (χ0v) is 13.0. The number of rotatable bonds is 1. The van der Waals surface area contributed by atoms with Crippen LogP contribution in [0.3, 0.4) is 0 Å². The van der Waals surface area contributed by atoms with Gasteiger partial charge in [-0.25, -0.2) is 19.2 Å². The fourth-order valence-electron chi connectivity index (χ4n) is 1.40. The van der Waals surface area contributed by atoms with Crippen LogP contribution < -0.4 is 0 Å². The van der Waals surface area contributed by atoms with Gasteiger partial charge in [-0.15, -0.1) is 0 Å². The van der Waals surface area contributed by atoms with Gasteiger partial charge in [0.15, 0.2) is 0 Å². The van der Waals surface area contributed by atoms with E-state index < -0.39 is 24.6 Å². The molecular formula is C16H14O10. The molecule has 0 unspecified atom stereocenters. The van der Waals surface area contributed by atoms with E-state index in [9.17, 15) is 9.59 Å². The van der Waals surface area contributed by atoms with Crippen molar-refractivity contribution in [3.63, 3.8) is 0 Å². The van der Waals surface area contributed by atoms with Gasteiger partial charge in [0.05, 0.1) is 0 Å². The van der Waals surface area contributed by atoms with Crippen molar-refractivity contribution in [2.75, 3.05) is 0 Å². The molecule has 0 bridgehead atoms. The van der Waals surface area contributed by atoms with Crippen molar-refractivity contribution in [1.82, 2.24) is 0 Å². The van der Waals surface area contributed by atoms with Crippen molar-refractivity contribution in [2.45, 2.75) is 0 Å². The van der Waals surface area contributed by atoms with E-state index in [0.717, 1.165) is 0 Å². The number of carbonyl (C=O) groups excluding carboxylic acids is 2. The Labute approximate surface area is 146 Å². The molecule has 0 saturated carbocycles. The Morgan fingerprint density at radius 2 is 0.808 bits per heavy atom. The molecule has 10 heteroatoms. The van der Waals surface area contributed by atoms with Crippen molar-refractivity contribution in [1.29, 1.82) is 0 Å². The molecule has 0 aliphatic carbocycles. The van der Waals surface area contributed by atoms with Gasteiger partial charge in [-0.1, -0.05) is 60.7 Å². The molecular weight excluding hydrogens is 352 g/mol. The zero-order chi connectivity index (χ0) is 19.9. The first-order valence-electron chi connectivity index (χ1n) is 6.60. The third-order valence-electron chi connectivity index (χ3n) is 2.21. The maximum absolute atomic E-state index is 9.44. The number of carbonyl (C=O) groups is 4. The first kappa shape index (κ1) is 21.9. The minimum Gasteiger partial charge on any atom is -0.450 e. The van der Waals surface area contributed by atoms with Gasteiger partial charge in [0.1, 0.15) is 0 Å². The minimum absolute atomic E-state index is 0.917. The van der Waals surface area contributed by atoms with Crippen molar-refractivity contribution < 1.29 is 49.1 Å². The Morgan fingerprint density at radius 3 is 0.962 bits per heavy atom. The second-order valence-corrected chi connectivity index (χ2v) is 4.00. The Balaban J connectivity index is 0.000000375. The van der Waals surface area contributed by atoms with E-state index in [1.807, 2.05) is 12.1 Å². The van der Waals surface area contributed by atoms with E-state index in [-0.39, 0.29) is 0 Å². The number of cyclic esters (lactones) is 4. The zero-order valence-electron chi connectivity index (χ0n) is 13.0. The van der Waals surface area contributed by atoms with E-state index in [0.29, 0.717) is 0 Å². The topological polar surface area (TPSA) is 168 Å². The average molecular weight is 366 g/mol. The van der Waals surface area contributed by atoms with Gasteiger partial charge in [0.2, 0.25) is 0 Å². The van der Waals surface area contributed by atoms with Gasteiger partial charge in [-0.2, -0.15) is 0 Å². The van der Waals surface area contributed by atoms with Crippen LogP contribution in [-0.4, -0.2) is 45.0 Å². The van der Waals surface area contributed by atoms with Crippen molar-refractivity contribution in [2.24, 2.45) is 0 Å². The van der Waals surface area contributed by atoms with E-state index in [4.69, 9.17) is 30.0 Å². The predicted octanol–water partition coefficient (Wildman–Crippen LogP) is 4.07. The summed E-state index contributed by atoms with van der Waals surface area (Å²) in [6.07, 6.45) is -5.50. The lowest BCUT2D eigenvalue weighted by Gasteiger charge is -2.05. The fourth-order valence-corrected chi connectivity index (χ4v) is 1.40. The molecule has 4 N–H and O–H groups in total. The molecule has 1 heterocycles. The van der Waals surface area contributed by atoms with Gasteiger partial charge in [0.25, 0.3) is 0 Å². The second kappa shape index (κ2) is 12.4. The van der Waals surface area contributed by atoms with Crippen LogP contribution in [0.25, 0.3) is 11.1 Å². The lowest BCUT2D eigenvalue weighted by Crippen LogP contribution is -2.27. The maximum Gasteiger partial charge on any atom is 0.528 e. The summed E-state index contributed by atoms with van der Waals surface area (Å²) in [4.78, 5) is 36.0. The molecule has 1 fully saturated rings. The summed E-state index contributed by atoms with van der Waals surface area (Å²) in [7, 11) is 0. The van der Waals surface area contributed by atoms with Gasteiger partial charge in [0, 0.05) is 0 Å². The highest BCUT2D eigenvalue weighted by molar-refractivity contribution is 5.93. The Kier molecular flexibility index (Phi) is 10.4. The average Bonchev–Trinajstić information content (AvgIpc) is 2.55. The standard InChI is InChI=1S/C12H10.C2O4.2CH2O3/c1-3-7-11(8-4-1)12-9-5-2-6-10-12;3-1-5-2(4)6-1;2*2-1(3)4/h1-10H;;2*(H2,2,3,4). The normalized spacial score (nSPS) is 10.5. The van der Waals surface area contributed by atoms with E-state index >= 15 is 0 Å². The third kappa shape index (κ3) is 12.5. The van der Waals surface area contributed by atoms with Crippen LogP contribution in [0.2, 0.25) is 0 Å². The molecule has 3 rings (SSSR count). The molecule has 1 aliphatic rings. The molecule has 2 aromatic rings. The Bertz CT molecular complexity index is 633. The quantitative estimate of drug-likeness (QED) is 0.426. The lowest BCUT2D eigenvalue weighted by atomic mass is 10.1. The van der Waals surface area contributed by atoms with Crippen LogP contribution in [0, 0.1) is 0 Å². The van der Waals surface area contributed by atoms with E-state index in [1.165, 1.54) is 11.1 Å². The molecule has 2 aromatic carbocycles. The number of carboxylic acid groups (broad SMARTS) is 4. The van der Waals surface area contributed by atoms with Crippen LogP contribution in [-0.2, 0) is 9.47 Å². The molecule has 1 aliphatic heterocycles. The third-order valence-corrected chi connectivity index (χ3v) is 2.21. The highest BCUT2D eigenvalue weighted by Crippen LogP contribution is 2.17. The van der Waals surface area contributed by atoms with Crippen LogP contribution in [0.15, 0.2) is 60.7 Å². The number of benzene rings is 2. The van der Waals surface area contributed by atoms with Gasteiger partial charge in [-0.3, -0.25) is 0 Å². The number of ether oxygens (including phenoxy) is 2. The maximum atomic E-state index is 9.44. The van der Waals surface area contributed by atoms with E-state index in [2.05, 4.69) is 58.0 Å². The van der Waals surface area contributed by atoms with Crippen LogP contribution in [0.4, 0.5) is 19.2 Å². The summed E-state index contributed by atoms with van der Waals surface area (Å²) in [5, 5.41) is 27.9. The number of hydrogen-bond donors (Lipinski definition) is 4. The summed E-state index contributed by atoms with van der Waals surface area (Å²) < 4.78 is 7.28. The van der Waals surface area contributed by atoms with Crippen molar-refractivity contribution >= 4 is 24.6 Å². The number of hydrogen-bond acceptors (Lipinski definition) is 6. The first-order valence-corrected chi connectivity index (χ1v) is 6.60. The summed E-state index contributed by atoms with van der Waals surface area (Å²) in [6.45, 7) is 0. The molecule has 0 amide bonds. The fraction of sp³-hybridized carbons (Fsp3) is 0. The lowest BCUT2D eigenvalue weighted by molar-refractivity contribution is 0.00673.